The second-order valence-corrected chi connectivity index (χ2v) is 6.86. The van der Waals surface area contributed by atoms with E-state index >= 15 is 0 Å². The highest BCUT2D eigenvalue weighted by Gasteiger charge is 2.20. The third-order valence-electron chi connectivity index (χ3n) is 3.51. The number of ether oxygens (including phenoxy) is 2. The molecule has 0 amide bonds. The van der Waals surface area contributed by atoms with Crippen LogP contribution in [0.5, 0.6) is 11.5 Å². The number of anilines is 1. The summed E-state index contributed by atoms with van der Waals surface area (Å²) in [6, 6.07) is 9.65. The number of nitrogens with zero attached hydrogens (tertiary/aromatic N) is 1. The number of fused-ring (bicyclic) bond motifs is 2. The molecule has 118 valence electrons. The summed E-state index contributed by atoms with van der Waals surface area (Å²) in [7, 11) is -3.72. The maximum atomic E-state index is 12.5. The minimum absolute atomic E-state index is 0.0993. The Kier molecular flexibility index (Phi) is 2.95. The second-order valence-electron chi connectivity index (χ2n) is 5.17. The van der Waals surface area contributed by atoms with E-state index in [1.54, 1.807) is 24.3 Å². The SMILES string of the molecule is Cc1nc2ccc(NS(=O)(=O)c3ccc4c(c3)OCO4)cc2[nH]1. The van der Waals surface area contributed by atoms with Gasteiger partial charge in [-0.3, -0.25) is 4.72 Å². The number of sulfonamides is 1. The van der Waals surface area contributed by atoms with E-state index in [0.29, 0.717) is 17.2 Å². The number of imidazole rings is 1. The van der Waals surface area contributed by atoms with Gasteiger partial charge in [0.05, 0.1) is 21.6 Å². The average molecular weight is 331 g/mol. The van der Waals surface area contributed by atoms with Crippen LogP contribution < -0.4 is 14.2 Å². The van der Waals surface area contributed by atoms with Crippen molar-refractivity contribution in [1.29, 1.82) is 0 Å². The maximum Gasteiger partial charge on any atom is 0.262 e. The number of nitrogens with one attached hydrogen (secondary N) is 2. The molecular formula is C15H13N3O4S. The Morgan fingerprint density at radius 1 is 1.13 bits per heavy atom. The predicted octanol–water partition coefficient (Wildman–Crippen LogP) is 2.40. The minimum atomic E-state index is -3.72. The summed E-state index contributed by atoms with van der Waals surface area (Å²) < 4.78 is 38.0. The van der Waals surface area contributed by atoms with Crippen molar-refractivity contribution in [2.24, 2.45) is 0 Å². The average Bonchev–Trinajstić information content (AvgIpc) is 3.10. The van der Waals surface area contributed by atoms with Crippen molar-refractivity contribution in [3.05, 3.63) is 42.2 Å². The van der Waals surface area contributed by atoms with Crippen LogP contribution in [0.25, 0.3) is 11.0 Å². The monoisotopic (exact) mass is 331 g/mol. The van der Waals surface area contributed by atoms with Gasteiger partial charge in [-0.2, -0.15) is 0 Å². The zero-order chi connectivity index (χ0) is 16.0. The lowest BCUT2D eigenvalue weighted by Crippen LogP contribution is -2.12. The molecule has 4 rings (SSSR count). The van der Waals surface area contributed by atoms with Gasteiger partial charge in [0, 0.05) is 6.07 Å². The standard InChI is InChI=1S/C15H13N3O4S/c1-9-16-12-4-2-10(6-13(12)17-9)18-23(19,20)11-3-5-14-15(7-11)22-8-21-14/h2-7,18H,8H2,1H3,(H,16,17). The van der Waals surface area contributed by atoms with Gasteiger partial charge < -0.3 is 14.5 Å². The third-order valence-corrected chi connectivity index (χ3v) is 4.89. The van der Waals surface area contributed by atoms with Crippen LogP contribution in [0.15, 0.2) is 41.3 Å². The molecule has 0 atom stereocenters. The Hall–Kier alpha value is -2.74. The molecular weight excluding hydrogens is 318 g/mol. The number of aromatic amines is 1. The largest absolute Gasteiger partial charge is 0.454 e. The number of benzene rings is 2. The Morgan fingerprint density at radius 2 is 1.96 bits per heavy atom. The second kappa shape index (κ2) is 4.88. The van der Waals surface area contributed by atoms with Gasteiger partial charge in [-0.25, -0.2) is 13.4 Å². The van der Waals surface area contributed by atoms with E-state index < -0.39 is 10.0 Å². The summed E-state index contributed by atoms with van der Waals surface area (Å²) in [5, 5.41) is 0. The van der Waals surface area contributed by atoms with Crippen LogP contribution in [0.4, 0.5) is 5.69 Å². The summed E-state index contributed by atoms with van der Waals surface area (Å²) in [6.45, 7) is 1.94. The molecule has 23 heavy (non-hydrogen) atoms. The Bertz CT molecular complexity index is 1010. The lowest BCUT2D eigenvalue weighted by atomic mass is 10.3. The van der Waals surface area contributed by atoms with Crippen molar-refractivity contribution in [2.45, 2.75) is 11.8 Å². The summed E-state index contributed by atoms with van der Waals surface area (Å²) in [5.74, 6) is 1.74. The smallest absolute Gasteiger partial charge is 0.262 e. The lowest BCUT2D eigenvalue weighted by Gasteiger charge is -2.08. The predicted molar refractivity (Wildman–Crippen MR) is 84.2 cm³/mol. The molecule has 8 heteroatoms. The molecule has 0 fully saturated rings. The van der Waals surface area contributed by atoms with Crippen LogP contribution >= 0.6 is 0 Å². The number of hydrogen-bond donors (Lipinski definition) is 2. The molecule has 2 N–H and O–H groups in total. The molecule has 0 aliphatic carbocycles. The van der Waals surface area contributed by atoms with E-state index in [1.165, 1.54) is 12.1 Å². The first-order valence-corrected chi connectivity index (χ1v) is 8.38. The highest BCUT2D eigenvalue weighted by Crippen LogP contribution is 2.34. The first kappa shape index (κ1) is 13.9. The van der Waals surface area contributed by atoms with Crippen LogP contribution in [0.3, 0.4) is 0 Å². The highest BCUT2D eigenvalue weighted by atomic mass is 32.2. The molecule has 1 aromatic heterocycles. The van der Waals surface area contributed by atoms with Gasteiger partial charge in [0.15, 0.2) is 11.5 Å². The molecule has 1 aliphatic rings. The molecule has 0 saturated carbocycles. The van der Waals surface area contributed by atoms with Crippen LogP contribution in [0, 0.1) is 6.92 Å². The molecule has 3 aromatic rings. The molecule has 0 saturated heterocycles. The van der Waals surface area contributed by atoms with E-state index in [4.69, 9.17) is 9.47 Å². The zero-order valence-corrected chi connectivity index (χ0v) is 13.0. The molecule has 2 aromatic carbocycles. The van der Waals surface area contributed by atoms with E-state index in [9.17, 15) is 8.42 Å². The topological polar surface area (TPSA) is 93.3 Å². The van der Waals surface area contributed by atoms with E-state index in [2.05, 4.69) is 14.7 Å². The number of rotatable bonds is 3. The summed E-state index contributed by atoms with van der Waals surface area (Å²) in [4.78, 5) is 7.47. The Balaban J connectivity index is 1.67. The van der Waals surface area contributed by atoms with Crippen molar-refractivity contribution in [2.75, 3.05) is 11.5 Å². The minimum Gasteiger partial charge on any atom is -0.454 e. The van der Waals surface area contributed by atoms with E-state index in [1.807, 2.05) is 6.92 Å². The van der Waals surface area contributed by atoms with Crippen molar-refractivity contribution < 1.29 is 17.9 Å². The van der Waals surface area contributed by atoms with Gasteiger partial charge >= 0.3 is 0 Å². The third kappa shape index (κ3) is 2.46. The van der Waals surface area contributed by atoms with Crippen LogP contribution in [-0.4, -0.2) is 25.2 Å². The normalized spacial score (nSPS) is 13.4. The van der Waals surface area contributed by atoms with Gasteiger partial charge in [-0.15, -0.1) is 0 Å². The van der Waals surface area contributed by atoms with E-state index in [-0.39, 0.29) is 11.7 Å². The number of H-pyrrole nitrogens is 1. The van der Waals surface area contributed by atoms with Gasteiger partial charge in [-0.1, -0.05) is 0 Å². The maximum absolute atomic E-state index is 12.5. The molecule has 0 radical (unpaired) electrons. The van der Waals surface area contributed by atoms with Gasteiger partial charge in [0.1, 0.15) is 5.82 Å². The molecule has 7 nitrogen and oxygen atoms in total. The summed E-state index contributed by atoms with van der Waals surface area (Å²) in [6.07, 6.45) is 0. The van der Waals surface area contributed by atoms with Crippen molar-refractivity contribution in [1.82, 2.24) is 9.97 Å². The summed E-state index contributed by atoms with van der Waals surface area (Å²) >= 11 is 0. The fraction of sp³-hybridized carbons (Fsp3) is 0.133. The van der Waals surface area contributed by atoms with Crippen molar-refractivity contribution in [3.63, 3.8) is 0 Å². The number of aromatic nitrogens is 2. The molecule has 2 heterocycles. The number of aryl methyl sites for hydroxylation is 1. The summed E-state index contributed by atoms with van der Waals surface area (Å²) in [5.41, 5.74) is 2.01. The first-order chi connectivity index (χ1) is 11.0. The molecule has 1 aliphatic heterocycles. The van der Waals surface area contributed by atoms with Gasteiger partial charge in [-0.05, 0) is 37.3 Å². The quantitative estimate of drug-likeness (QED) is 0.769. The van der Waals surface area contributed by atoms with Crippen LogP contribution in [-0.2, 0) is 10.0 Å². The molecule has 0 spiro atoms. The Morgan fingerprint density at radius 3 is 2.83 bits per heavy atom. The fourth-order valence-corrected chi connectivity index (χ4v) is 3.52. The molecule has 0 bridgehead atoms. The van der Waals surface area contributed by atoms with Crippen molar-refractivity contribution in [3.8, 4) is 11.5 Å². The highest BCUT2D eigenvalue weighted by molar-refractivity contribution is 7.92. The Labute approximate surface area is 132 Å². The van der Waals surface area contributed by atoms with Gasteiger partial charge in [0.25, 0.3) is 10.0 Å². The molecule has 0 unspecified atom stereocenters. The number of hydrogen-bond acceptors (Lipinski definition) is 5. The zero-order valence-electron chi connectivity index (χ0n) is 12.2. The van der Waals surface area contributed by atoms with E-state index in [0.717, 1.165) is 16.9 Å². The first-order valence-electron chi connectivity index (χ1n) is 6.90. The fourth-order valence-electron chi connectivity index (χ4n) is 2.46. The van der Waals surface area contributed by atoms with Gasteiger partial charge in [0.2, 0.25) is 6.79 Å². The lowest BCUT2D eigenvalue weighted by molar-refractivity contribution is 0.174. The van der Waals surface area contributed by atoms with Crippen LogP contribution in [0.1, 0.15) is 5.82 Å². The van der Waals surface area contributed by atoms with Crippen LogP contribution in [0.2, 0.25) is 0 Å². The van der Waals surface area contributed by atoms with Crippen molar-refractivity contribution >= 4 is 26.7 Å².